The van der Waals surface area contributed by atoms with Crippen molar-refractivity contribution in [3.05, 3.63) is 160 Å². The van der Waals surface area contributed by atoms with Crippen molar-refractivity contribution < 1.29 is 23.1 Å². The van der Waals surface area contributed by atoms with Crippen LogP contribution in [0.3, 0.4) is 0 Å². The lowest BCUT2D eigenvalue weighted by Gasteiger charge is -2.25. The third-order valence-electron chi connectivity index (χ3n) is 7.63. The van der Waals surface area contributed by atoms with Gasteiger partial charge in [-0.15, -0.1) is 0 Å². The minimum absolute atomic E-state index is 0.00732. The summed E-state index contributed by atoms with van der Waals surface area (Å²) in [7, 11) is -3.94. The van der Waals surface area contributed by atoms with Gasteiger partial charge in [0.2, 0.25) is 9.84 Å². The molecule has 1 amide bonds. The molecular weight excluding hydrogens is 620 g/mol. The Labute approximate surface area is 274 Å². The Kier molecular flexibility index (Phi) is 10.9. The van der Waals surface area contributed by atoms with E-state index in [0.717, 1.165) is 22.3 Å². The van der Waals surface area contributed by atoms with Gasteiger partial charge in [0.25, 0.3) is 5.91 Å². The number of sulfone groups is 1. The molecule has 0 aliphatic rings. The first-order valence-corrected chi connectivity index (χ1v) is 16.7. The number of aliphatic hydroxyl groups excluding tert-OH is 1. The summed E-state index contributed by atoms with van der Waals surface area (Å²) in [6.45, 7) is 1.87. The topological polar surface area (TPSA) is 110 Å². The Hall–Kier alpha value is -4.47. The molecule has 46 heavy (non-hydrogen) atoms. The summed E-state index contributed by atoms with van der Waals surface area (Å²) < 4.78 is 32.8. The van der Waals surface area contributed by atoms with Crippen LogP contribution >= 0.6 is 11.6 Å². The molecule has 0 bridgehead atoms. The molecule has 236 valence electrons. The summed E-state index contributed by atoms with van der Waals surface area (Å²) in [5.41, 5.74) is 9.29. The van der Waals surface area contributed by atoms with Crippen molar-refractivity contribution in [3.63, 3.8) is 0 Å². The summed E-state index contributed by atoms with van der Waals surface area (Å²) in [5, 5.41) is 11.5. The van der Waals surface area contributed by atoms with Crippen LogP contribution in [0.15, 0.2) is 137 Å². The number of hydrogen-bond acceptors (Lipinski definition) is 6. The van der Waals surface area contributed by atoms with Crippen LogP contribution in [0.25, 0.3) is 0 Å². The summed E-state index contributed by atoms with van der Waals surface area (Å²) in [6.07, 6.45) is -0.0929. The zero-order chi connectivity index (χ0) is 32.5. The van der Waals surface area contributed by atoms with Gasteiger partial charge in [0.1, 0.15) is 12.4 Å². The van der Waals surface area contributed by atoms with Gasteiger partial charge in [-0.05, 0) is 71.1 Å². The number of amides is 1. The van der Waals surface area contributed by atoms with Gasteiger partial charge in [0, 0.05) is 24.7 Å². The zero-order valence-corrected chi connectivity index (χ0v) is 26.7. The van der Waals surface area contributed by atoms with Crippen LogP contribution in [0.1, 0.15) is 38.7 Å². The van der Waals surface area contributed by atoms with Crippen LogP contribution < -0.4 is 10.5 Å². The standard InChI is InChI=1S/C37H35ClN2O5S/c38-31-13-7-12-30(22-31)35(41)25-40(24-28-8-3-1-4-9-28)21-20-27-14-16-32(17-15-27)46(43,44)33-18-19-36(34(23-33)37(39)42)45-26-29-10-5-2-6-11-29/h1-19,22-23,35,41H,20-21,24-26H2,(H2,39,42)/t35-/m0/s1. The quantitative estimate of drug-likeness (QED) is 0.139. The molecule has 9 heteroatoms. The zero-order valence-electron chi connectivity index (χ0n) is 25.1. The summed E-state index contributed by atoms with van der Waals surface area (Å²) in [6, 6.07) is 37.5. The van der Waals surface area contributed by atoms with Gasteiger partial charge in [-0.25, -0.2) is 8.42 Å². The lowest BCUT2D eigenvalue weighted by molar-refractivity contribution is 0.0995. The average Bonchev–Trinajstić information content (AvgIpc) is 3.07. The first-order valence-electron chi connectivity index (χ1n) is 14.8. The van der Waals surface area contributed by atoms with E-state index in [0.29, 0.717) is 31.1 Å². The van der Waals surface area contributed by atoms with Gasteiger partial charge in [-0.3, -0.25) is 9.69 Å². The molecule has 0 saturated carbocycles. The highest BCUT2D eigenvalue weighted by Gasteiger charge is 2.22. The van der Waals surface area contributed by atoms with Gasteiger partial charge in [0.15, 0.2) is 0 Å². The average molecular weight is 655 g/mol. The molecule has 3 N–H and O–H groups in total. The molecule has 0 aromatic heterocycles. The second kappa shape index (κ2) is 15.2. The maximum absolute atomic E-state index is 13.5. The molecule has 1 atom stereocenters. The number of benzene rings is 5. The van der Waals surface area contributed by atoms with Crippen LogP contribution in [0.5, 0.6) is 5.75 Å². The number of rotatable bonds is 14. The minimum atomic E-state index is -3.94. The van der Waals surface area contributed by atoms with E-state index in [2.05, 4.69) is 4.90 Å². The Bertz CT molecular complexity index is 1870. The maximum Gasteiger partial charge on any atom is 0.252 e. The van der Waals surface area contributed by atoms with E-state index >= 15 is 0 Å². The Morgan fingerprint density at radius 3 is 2.09 bits per heavy atom. The minimum Gasteiger partial charge on any atom is -0.488 e. The summed E-state index contributed by atoms with van der Waals surface area (Å²) in [5.74, 6) is -0.567. The van der Waals surface area contributed by atoms with E-state index in [1.54, 1.807) is 36.4 Å². The highest BCUT2D eigenvalue weighted by Crippen LogP contribution is 2.28. The number of hydrogen-bond donors (Lipinski definition) is 2. The number of carbonyl (C=O) groups is 1. The van der Waals surface area contributed by atoms with E-state index < -0.39 is 21.8 Å². The normalized spacial score (nSPS) is 12.2. The highest BCUT2D eigenvalue weighted by atomic mass is 35.5. The van der Waals surface area contributed by atoms with Crippen molar-refractivity contribution in [1.82, 2.24) is 4.90 Å². The SMILES string of the molecule is NC(=O)c1cc(S(=O)(=O)c2ccc(CCN(Cc3ccccc3)C[C@H](O)c3cccc(Cl)c3)cc2)ccc1OCc1ccccc1. The number of primary amides is 1. The van der Waals surface area contributed by atoms with Crippen molar-refractivity contribution in [2.24, 2.45) is 5.73 Å². The van der Waals surface area contributed by atoms with Gasteiger partial charge in [-0.1, -0.05) is 96.5 Å². The lowest BCUT2D eigenvalue weighted by atomic mass is 10.1. The highest BCUT2D eigenvalue weighted by molar-refractivity contribution is 7.91. The molecule has 5 rings (SSSR count). The monoisotopic (exact) mass is 654 g/mol. The molecule has 5 aromatic rings. The number of ether oxygens (including phenoxy) is 1. The van der Waals surface area contributed by atoms with Crippen molar-refractivity contribution in [3.8, 4) is 5.75 Å². The third-order valence-corrected chi connectivity index (χ3v) is 9.63. The molecule has 0 spiro atoms. The van der Waals surface area contributed by atoms with Gasteiger partial charge in [-0.2, -0.15) is 0 Å². The largest absolute Gasteiger partial charge is 0.488 e. The van der Waals surface area contributed by atoms with E-state index in [1.807, 2.05) is 72.8 Å². The number of aliphatic hydroxyl groups is 1. The predicted molar refractivity (Wildman–Crippen MR) is 179 cm³/mol. The fourth-order valence-electron chi connectivity index (χ4n) is 5.13. The predicted octanol–water partition coefficient (Wildman–Crippen LogP) is 6.63. The van der Waals surface area contributed by atoms with Crippen molar-refractivity contribution in [2.75, 3.05) is 13.1 Å². The molecule has 0 saturated heterocycles. The smallest absolute Gasteiger partial charge is 0.252 e. The Morgan fingerprint density at radius 2 is 1.43 bits per heavy atom. The molecule has 0 unspecified atom stereocenters. The van der Waals surface area contributed by atoms with E-state index in [9.17, 15) is 18.3 Å². The molecule has 5 aromatic carbocycles. The van der Waals surface area contributed by atoms with Crippen LogP contribution in [0.4, 0.5) is 0 Å². The molecule has 0 aliphatic carbocycles. The van der Waals surface area contributed by atoms with Crippen molar-refractivity contribution >= 4 is 27.3 Å². The summed E-state index contributed by atoms with van der Waals surface area (Å²) in [4.78, 5) is 14.4. The molecule has 0 aliphatic heterocycles. The van der Waals surface area contributed by atoms with Crippen LogP contribution in [0.2, 0.25) is 5.02 Å². The van der Waals surface area contributed by atoms with Crippen LogP contribution in [0, 0.1) is 0 Å². The number of nitrogens with zero attached hydrogens (tertiary/aromatic N) is 1. The molecule has 0 radical (unpaired) electrons. The first-order chi connectivity index (χ1) is 22.2. The third kappa shape index (κ3) is 8.62. The Morgan fingerprint density at radius 1 is 0.783 bits per heavy atom. The first kappa shape index (κ1) is 32.9. The van der Waals surface area contributed by atoms with Crippen LogP contribution in [-0.2, 0) is 29.4 Å². The summed E-state index contributed by atoms with van der Waals surface area (Å²) >= 11 is 6.15. The van der Waals surface area contributed by atoms with Crippen molar-refractivity contribution in [2.45, 2.75) is 35.5 Å². The van der Waals surface area contributed by atoms with Gasteiger partial charge < -0.3 is 15.6 Å². The molecule has 7 nitrogen and oxygen atoms in total. The van der Waals surface area contributed by atoms with Crippen molar-refractivity contribution in [1.29, 1.82) is 0 Å². The second-order valence-electron chi connectivity index (χ2n) is 11.0. The Balaban J connectivity index is 1.28. The second-order valence-corrected chi connectivity index (χ2v) is 13.4. The van der Waals surface area contributed by atoms with Gasteiger partial charge in [0.05, 0.1) is 21.5 Å². The van der Waals surface area contributed by atoms with E-state index in [1.165, 1.54) is 18.2 Å². The van der Waals surface area contributed by atoms with Gasteiger partial charge >= 0.3 is 0 Å². The lowest BCUT2D eigenvalue weighted by Crippen LogP contribution is -2.30. The molecule has 0 heterocycles. The van der Waals surface area contributed by atoms with E-state index in [4.69, 9.17) is 22.1 Å². The maximum atomic E-state index is 13.5. The number of nitrogens with two attached hydrogens (primary N) is 1. The number of halogens is 1. The molecular formula is C37H35ClN2O5S. The van der Waals surface area contributed by atoms with Crippen LogP contribution in [-0.4, -0.2) is 37.4 Å². The fraction of sp³-hybridized carbons (Fsp3) is 0.162. The number of carbonyl (C=O) groups excluding carboxylic acids is 1. The van der Waals surface area contributed by atoms with E-state index in [-0.39, 0.29) is 27.7 Å². The fourth-order valence-corrected chi connectivity index (χ4v) is 6.61. The molecule has 0 fully saturated rings.